The predicted molar refractivity (Wildman–Crippen MR) is 93.3 cm³/mol. The molecule has 1 aliphatic rings. The fourth-order valence-corrected chi connectivity index (χ4v) is 3.12. The van der Waals surface area contributed by atoms with E-state index in [-0.39, 0.29) is 30.3 Å². The highest BCUT2D eigenvalue weighted by atomic mass is 35.5. The van der Waals surface area contributed by atoms with Crippen LogP contribution < -0.4 is 10.6 Å². The van der Waals surface area contributed by atoms with Crippen molar-refractivity contribution in [3.05, 3.63) is 48.0 Å². The summed E-state index contributed by atoms with van der Waals surface area (Å²) in [5.41, 5.74) is 1.19. The maximum absolute atomic E-state index is 12.4. The highest BCUT2D eigenvalue weighted by molar-refractivity contribution is 5.87. The number of carbonyl (C=O) groups is 1. The third-order valence-corrected chi connectivity index (χ3v) is 4.36. The minimum atomic E-state index is 0. The molecule has 1 atom stereocenters. The van der Waals surface area contributed by atoms with Crippen molar-refractivity contribution in [1.82, 2.24) is 10.6 Å². The second kappa shape index (κ2) is 7.61. The summed E-state index contributed by atoms with van der Waals surface area (Å²) in [6.07, 6.45) is 1.88. The van der Waals surface area contributed by atoms with E-state index in [1.54, 1.807) is 0 Å². The van der Waals surface area contributed by atoms with Gasteiger partial charge in [-0.15, -0.1) is 12.4 Å². The number of carbonyl (C=O) groups excluding carboxylic acids is 1. The first-order valence-corrected chi connectivity index (χ1v) is 7.74. The van der Waals surface area contributed by atoms with Gasteiger partial charge in [0.1, 0.15) is 0 Å². The summed E-state index contributed by atoms with van der Waals surface area (Å²) in [5.74, 6) is 0.348. The van der Waals surface area contributed by atoms with E-state index in [1.165, 1.54) is 16.3 Å². The average Bonchev–Trinajstić information content (AvgIpc) is 2.55. The molecule has 1 heterocycles. The summed E-state index contributed by atoms with van der Waals surface area (Å²) < 4.78 is 0. The summed E-state index contributed by atoms with van der Waals surface area (Å²) >= 11 is 0. The van der Waals surface area contributed by atoms with Crippen molar-refractivity contribution < 1.29 is 4.79 Å². The van der Waals surface area contributed by atoms with Gasteiger partial charge in [0.2, 0.25) is 5.91 Å². The largest absolute Gasteiger partial charge is 0.349 e. The molecule has 0 spiro atoms. The van der Waals surface area contributed by atoms with Crippen LogP contribution in [0.15, 0.2) is 42.5 Å². The molecule has 1 aliphatic heterocycles. The number of halogens is 1. The van der Waals surface area contributed by atoms with E-state index < -0.39 is 0 Å². The lowest BCUT2D eigenvalue weighted by atomic mass is 9.95. The summed E-state index contributed by atoms with van der Waals surface area (Å²) in [6, 6.07) is 14.6. The van der Waals surface area contributed by atoms with E-state index >= 15 is 0 Å². The van der Waals surface area contributed by atoms with Crippen LogP contribution in [0.5, 0.6) is 0 Å². The molecule has 3 nitrogen and oxygen atoms in total. The molecule has 3 rings (SSSR count). The number of hydrogen-bond donors (Lipinski definition) is 2. The van der Waals surface area contributed by atoms with Crippen LogP contribution in [0.2, 0.25) is 0 Å². The molecule has 0 aromatic heterocycles. The van der Waals surface area contributed by atoms with Crippen LogP contribution in [0.25, 0.3) is 10.8 Å². The Labute approximate surface area is 137 Å². The lowest BCUT2D eigenvalue weighted by Crippen LogP contribution is -2.39. The lowest BCUT2D eigenvalue weighted by Gasteiger charge is -2.24. The van der Waals surface area contributed by atoms with Crippen molar-refractivity contribution in [2.24, 2.45) is 5.92 Å². The molecule has 2 aromatic rings. The zero-order chi connectivity index (χ0) is 14.7. The van der Waals surface area contributed by atoms with E-state index in [9.17, 15) is 4.79 Å². The number of hydrogen-bond acceptors (Lipinski definition) is 2. The zero-order valence-corrected chi connectivity index (χ0v) is 13.7. The number of fused-ring (bicyclic) bond motifs is 1. The van der Waals surface area contributed by atoms with Gasteiger partial charge in [0.05, 0.1) is 6.04 Å². The van der Waals surface area contributed by atoms with Crippen molar-refractivity contribution in [2.75, 3.05) is 13.1 Å². The molecule has 1 unspecified atom stereocenters. The van der Waals surface area contributed by atoms with Crippen LogP contribution in [0.3, 0.4) is 0 Å². The van der Waals surface area contributed by atoms with Gasteiger partial charge in [-0.05, 0) is 49.2 Å². The van der Waals surface area contributed by atoms with Gasteiger partial charge in [0.15, 0.2) is 0 Å². The monoisotopic (exact) mass is 318 g/mol. The zero-order valence-electron chi connectivity index (χ0n) is 12.8. The number of nitrogens with one attached hydrogen (secondary N) is 2. The second-order valence-electron chi connectivity index (χ2n) is 5.82. The third-order valence-electron chi connectivity index (χ3n) is 4.36. The van der Waals surface area contributed by atoms with Gasteiger partial charge in [-0.25, -0.2) is 0 Å². The fraction of sp³-hybridized carbons (Fsp3) is 0.389. The average molecular weight is 319 g/mol. The first-order chi connectivity index (χ1) is 10.3. The Balaban J connectivity index is 0.00000176. The summed E-state index contributed by atoms with van der Waals surface area (Å²) in [4.78, 5) is 12.4. The first-order valence-electron chi connectivity index (χ1n) is 7.74. The van der Waals surface area contributed by atoms with E-state index in [2.05, 4.69) is 47.9 Å². The highest BCUT2D eigenvalue weighted by Gasteiger charge is 2.22. The van der Waals surface area contributed by atoms with Gasteiger partial charge in [0, 0.05) is 5.92 Å². The van der Waals surface area contributed by atoms with Gasteiger partial charge in [-0.1, -0.05) is 42.5 Å². The molecule has 2 aromatic carbocycles. The Kier molecular flexibility index (Phi) is 5.81. The number of benzene rings is 2. The summed E-state index contributed by atoms with van der Waals surface area (Å²) in [6.45, 7) is 3.96. The Bertz CT molecular complexity index is 633. The first kappa shape index (κ1) is 16.8. The maximum atomic E-state index is 12.4. The van der Waals surface area contributed by atoms with Crippen molar-refractivity contribution in [3.63, 3.8) is 0 Å². The molecule has 1 fully saturated rings. The SMILES string of the molecule is CC(NC(=O)C1CCNCC1)c1cccc2ccccc12.Cl. The minimum Gasteiger partial charge on any atom is -0.349 e. The quantitative estimate of drug-likeness (QED) is 0.910. The third kappa shape index (κ3) is 3.60. The highest BCUT2D eigenvalue weighted by Crippen LogP contribution is 2.24. The number of piperidine rings is 1. The number of rotatable bonds is 3. The van der Waals surface area contributed by atoms with Gasteiger partial charge in [-0.3, -0.25) is 4.79 Å². The van der Waals surface area contributed by atoms with E-state index in [0.29, 0.717) is 0 Å². The Hall–Kier alpha value is -1.58. The molecular weight excluding hydrogens is 296 g/mol. The standard InChI is InChI=1S/C18H22N2O.ClH/c1-13(20-18(21)15-9-11-19-12-10-15)16-8-4-6-14-5-2-3-7-17(14)16;/h2-8,13,15,19H,9-12H2,1H3,(H,20,21);1H. The maximum Gasteiger partial charge on any atom is 0.223 e. The minimum absolute atomic E-state index is 0. The van der Waals surface area contributed by atoms with Crippen molar-refractivity contribution >= 4 is 29.1 Å². The molecule has 0 bridgehead atoms. The Morgan fingerprint density at radius 1 is 1.14 bits per heavy atom. The molecule has 0 radical (unpaired) electrons. The normalized spacial score (nSPS) is 16.8. The molecule has 0 aliphatic carbocycles. The van der Waals surface area contributed by atoms with Crippen LogP contribution in [0, 0.1) is 5.92 Å². The number of amides is 1. The smallest absolute Gasteiger partial charge is 0.223 e. The molecule has 118 valence electrons. The van der Waals surface area contributed by atoms with Gasteiger partial charge in [0.25, 0.3) is 0 Å². The van der Waals surface area contributed by atoms with Crippen LogP contribution >= 0.6 is 12.4 Å². The van der Waals surface area contributed by atoms with Crippen LogP contribution in [-0.2, 0) is 4.79 Å². The van der Waals surface area contributed by atoms with Gasteiger partial charge < -0.3 is 10.6 Å². The Morgan fingerprint density at radius 2 is 1.82 bits per heavy atom. The lowest BCUT2D eigenvalue weighted by molar-refractivity contribution is -0.126. The molecule has 2 N–H and O–H groups in total. The molecule has 1 amide bonds. The Morgan fingerprint density at radius 3 is 2.59 bits per heavy atom. The van der Waals surface area contributed by atoms with Crippen molar-refractivity contribution in [2.45, 2.75) is 25.8 Å². The van der Waals surface area contributed by atoms with Crippen LogP contribution in [0.4, 0.5) is 0 Å². The van der Waals surface area contributed by atoms with Crippen molar-refractivity contribution in [1.29, 1.82) is 0 Å². The molecular formula is C18H23ClN2O. The molecule has 0 saturated carbocycles. The van der Waals surface area contributed by atoms with E-state index in [4.69, 9.17) is 0 Å². The van der Waals surface area contributed by atoms with Crippen LogP contribution in [0.1, 0.15) is 31.4 Å². The molecule has 4 heteroatoms. The van der Waals surface area contributed by atoms with Gasteiger partial charge in [-0.2, -0.15) is 0 Å². The van der Waals surface area contributed by atoms with E-state index in [0.717, 1.165) is 25.9 Å². The molecule has 22 heavy (non-hydrogen) atoms. The summed E-state index contributed by atoms with van der Waals surface area (Å²) in [7, 11) is 0. The van der Waals surface area contributed by atoms with Crippen molar-refractivity contribution in [3.8, 4) is 0 Å². The molecule has 1 saturated heterocycles. The van der Waals surface area contributed by atoms with Crippen LogP contribution in [-0.4, -0.2) is 19.0 Å². The summed E-state index contributed by atoms with van der Waals surface area (Å²) in [5, 5.41) is 8.93. The predicted octanol–water partition coefficient (Wildman–Crippen LogP) is 3.44. The topological polar surface area (TPSA) is 41.1 Å². The second-order valence-corrected chi connectivity index (χ2v) is 5.82. The fourth-order valence-electron chi connectivity index (χ4n) is 3.12. The van der Waals surface area contributed by atoms with Gasteiger partial charge >= 0.3 is 0 Å². The van der Waals surface area contributed by atoms with E-state index in [1.807, 2.05) is 12.1 Å².